The molecule has 0 spiro atoms. The first-order valence-electron chi connectivity index (χ1n) is 8.20. The monoisotopic (exact) mass is 305 g/mol. The van der Waals surface area contributed by atoms with E-state index in [1.807, 2.05) is 19.9 Å². The quantitative estimate of drug-likeness (QED) is 0.555. The molecule has 120 valence electrons. The largest absolute Gasteiger partial charge is 0.264 e. The summed E-state index contributed by atoms with van der Waals surface area (Å²) in [5.74, 6) is 0.605. The molecule has 2 aromatic carbocycles. The predicted molar refractivity (Wildman–Crippen MR) is 105 cm³/mol. The van der Waals surface area contributed by atoms with Crippen LogP contribution in [0.15, 0.2) is 89.6 Å². The minimum atomic E-state index is 0.605. The maximum atomic E-state index is 3.91. The number of nitrogens with zero attached hydrogens (tertiary/aromatic N) is 1. The highest BCUT2D eigenvalue weighted by Crippen LogP contribution is 2.23. The van der Waals surface area contributed by atoms with Gasteiger partial charge in [-0.15, -0.1) is 0 Å². The van der Waals surface area contributed by atoms with Crippen molar-refractivity contribution in [2.75, 3.05) is 0 Å². The van der Waals surface area contributed by atoms with Crippen LogP contribution in [0.2, 0.25) is 0 Å². The van der Waals surface area contributed by atoms with Crippen LogP contribution in [0.3, 0.4) is 0 Å². The molecule has 1 heteroatoms. The van der Waals surface area contributed by atoms with Gasteiger partial charge >= 0.3 is 0 Å². The lowest BCUT2D eigenvalue weighted by molar-refractivity contribution is 0.724. The first kappa shape index (κ1) is 18.6. The van der Waals surface area contributed by atoms with Crippen LogP contribution in [0, 0.1) is 5.92 Å². The van der Waals surface area contributed by atoms with E-state index in [4.69, 9.17) is 0 Å². The average Bonchev–Trinajstić information content (AvgIpc) is 2.64. The number of allylic oxidation sites excluding steroid dienone is 3. The lowest BCUT2D eigenvalue weighted by Gasteiger charge is -2.13. The van der Waals surface area contributed by atoms with E-state index < -0.39 is 0 Å². The Morgan fingerprint density at radius 2 is 1.48 bits per heavy atom. The second kappa shape index (κ2) is 10.3. The van der Waals surface area contributed by atoms with E-state index >= 15 is 0 Å². The summed E-state index contributed by atoms with van der Waals surface area (Å²) >= 11 is 0. The van der Waals surface area contributed by atoms with Crippen LogP contribution < -0.4 is 0 Å². The van der Waals surface area contributed by atoms with Crippen molar-refractivity contribution in [3.63, 3.8) is 0 Å². The minimum Gasteiger partial charge on any atom is -0.264 e. The van der Waals surface area contributed by atoms with Gasteiger partial charge in [0.05, 0.1) is 5.70 Å². The molecule has 23 heavy (non-hydrogen) atoms. The maximum Gasteiger partial charge on any atom is 0.0651 e. The molecule has 0 amide bonds. The molecule has 0 aliphatic heterocycles. The van der Waals surface area contributed by atoms with E-state index in [1.54, 1.807) is 0 Å². The molecule has 0 N–H and O–H groups in total. The molecule has 1 aliphatic rings. The standard InChI is InChI=1S/C10H13N.C10H8.C2H6/c1-4-9-7-8(2)5-6-10(9)11-3;1-2-6-10-8-4-3-7-9(10)5-1;1-2/h4,6-8H,1,3,5H2,2H3;1-8H;1-2H3. The molecule has 0 aromatic heterocycles. The molecule has 1 unspecified atom stereocenters. The number of rotatable bonds is 2. The van der Waals surface area contributed by atoms with Gasteiger partial charge in [-0.2, -0.15) is 0 Å². The van der Waals surface area contributed by atoms with Gasteiger partial charge in [-0.05, 0) is 35.4 Å². The lowest BCUT2D eigenvalue weighted by Crippen LogP contribution is -1.97. The minimum absolute atomic E-state index is 0.605. The Hall–Kier alpha value is -2.41. The predicted octanol–water partition coefficient (Wildman–Crippen LogP) is 6.59. The van der Waals surface area contributed by atoms with Crippen molar-refractivity contribution in [1.29, 1.82) is 0 Å². The molecule has 0 saturated heterocycles. The molecule has 0 heterocycles. The smallest absolute Gasteiger partial charge is 0.0651 e. The SMILES string of the molecule is C=CC1=CC(C)CC=C1N=C.CC.c1ccc2ccccc2c1. The highest BCUT2D eigenvalue weighted by Gasteiger charge is 2.07. The maximum absolute atomic E-state index is 3.91. The topological polar surface area (TPSA) is 12.4 Å². The summed E-state index contributed by atoms with van der Waals surface area (Å²) in [6, 6.07) is 16.7. The summed E-state index contributed by atoms with van der Waals surface area (Å²) in [5, 5.41) is 2.62. The van der Waals surface area contributed by atoms with Crippen LogP contribution in [0.5, 0.6) is 0 Å². The van der Waals surface area contributed by atoms with Crippen molar-refractivity contribution in [3.8, 4) is 0 Å². The van der Waals surface area contributed by atoms with E-state index in [-0.39, 0.29) is 0 Å². The highest BCUT2D eigenvalue weighted by atomic mass is 14.7. The zero-order valence-corrected chi connectivity index (χ0v) is 14.5. The van der Waals surface area contributed by atoms with Crippen LogP contribution in [0.25, 0.3) is 10.8 Å². The third kappa shape index (κ3) is 5.71. The van der Waals surface area contributed by atoms with Crippen LogP contribution in [0.1, 0.15) is 27.2 Å². The normalized spacial score (nSPS) is 15.9. The van der Waals surface area contributed by atoms with Crippen molar-refractivity contribution in [2.45, 2.75) is 27.2 Å². The van der Waals surface area contributed by atoms with Gasteiger partial charge in [0.2, 0.25) is 0 Å². The van der Waals surface area contributed by atoms with Crippen molar-refractivity contribution in [1.82, 2.24) is 0 Å². The van der Waals surface area contributed by atoms with Crippen molar-refractivity contribution >= 4 is 17.5 Å². The Balaban J connectivity index is 0.000000208. The van der Waals surface area contributed by atoms with E-state index in [0.29, 0.717) is 5.92 Å². The van der Waals surface area contributed by atoms with Gasteiger partial charge in [0.15, 0.2) is 0 Å². The summed E-state index contributed by atoms with van der Waals surface area (Å²) in [7, 11) is 0. The average molecular weight is 305 g/mol. The van der Waals surface area contributed by atoms with Crippen LogP contribution in [-0.4, -0.2) is 6.72 Å². The van der Waals surface area contributed by atoms with E-state index in [0.717, 1.165) is 17.7 Å². The summed E-state index contributed by atoms with van der Waals surface area (Å²) in [5.41, 5.74) is 2.08. The molecule has 0 saturated carbocycles. The number of fused-ring (bicyclic) bond motifs is 1. The first-order valence-corrected chi connectivity index (χ1v) is 8.20. The van der Waals surface area contributed by atoms with Gasteiger partial charge in [-0.1, -0.05) is 94.1 Å². The summed E-state index contributed by atoms with van der Waals surface area (Å²) in [6.07, 6.45) is 7.17. The fourth-order valence-corrected chi connectivity index (χ4v) is 2.34. The molecule has 1 nitrogen and oxygen atoms in total. The first-order chi connectivity index (χ1) is 11.2. The lowest BCUT2D eigenvalue weighted by atomic mass is 9.96. The third-order valence-corrected chi connectivity index (χ3v) is 3.49. The van der Waals surface area contributed by atoms with Crippen LogP contribution >= 0.6 is 0 Å². The van der Waals surface area contributed by atoms with Gasteiger partial charge in [-0.3, -0.25) is 4.99 Å². The molecule has 0 bridgehead atoms. The molecule has 2 aromatic rings. The van der Waals surface area contributed by atoms with Gasteiger partial charge in [0, 0.05) is 0 Å². The molecule has 1 aliphatic carbocycles. The molecule has 0 radical (unpaired) electrons. The van der Waals surface area contributed by atoms with Crippen molar-refractivity contribution < 1.29 is 0 Å². The Kier molecular flexibility index (Phi) is 8.38. The van der Waals surface area contributed by atoms with Crippen molar-refractivity contribution in [3.05, 3.63) is 84.6 Å². The molecule has 1 atom stereocenters. The highest BCUT2D eigenvalue weighted by molar-refractivity contribution is 5.82. The molecular formula is C22H27N. The van der Waals surface area contributed by atoms with Gasteiger partial charge in [0.1, 0.15) is 0 Å². The van der Waals surface area contributed by atoms with Gasteiger partial charge in [-0.25, -0.2) is 0 Å². The molecule has 3 rings (SSSR count). The summed E-state index contributed by atoms with van der Waals surface area (Å²) in [6.45, 7) is 13.4. The van der Waals surface area contributed by atoms with Gasteiger partial charge < -0.3 is 0 Å². The molecular weight excluding hydrogens is 278 g/mol. The zero-order valence-electron chi connectivity index (χ0n) is 14.5. The fourth-order valence-electron chi connectivity index (χ4n) is 2.34. The number of hydrogen-bond acceptors (Lipinski definition) is 1. The summed E-state index contributed by atoms with van der Waals surface area (Å²) < 4.78 is 0. The fraction of sp³-hybridized carbons (Fsp3) is 0.227. The van der Waals surface area contributed by atoms with Gasteiger partial charge in [0.25, 0.3) is 0 Å². The Morgan fingerprint density at radius 1 is 1.00 bits per heavy atom. The zero-order chi connectivity index (χ0) is 17.1. The number of benzene rings is 2. The number of hydrogen-bond donors (Lipinski definition) is 0. The third-order valence-electron chi connectivity index (χ3n) is 3.49. The molecule has 0 fully saturated rings. The van der Waals surface area contributed by atoms with Crippen LogP contribution in [0.4, 0.5) is 0 Å². The second-order valence-electron chi connectivity index (χ2n) is 5.13. The second-order valence-corrected chi connectivity index (χ2v) is 5.13. The van der Waals surface area contributed by atoms with E-state index in [2.05, 4.69) is 85.9 Å². The van der Waals surface area contributed by atoms with Crippen LogP contribution in [-0.2, 0) is 0 Å². The van der Waals surface area contributed by atoms with E-state index in [1.165, 1.54) is 10.8 Å². The van der Waals surface area contributed by atoms with Crippen molar-refractivity contribution in [2.24, 2.45) is 10.9 Å². The number of aliphatic imine (C=N–C) groups is 1. The Morgan fingerprint density at radius 3 is 1.87 bits per heavy atom. The summed E-state index contributed by atoms with van der Waals surface area (Å²) in [4.78, 5) is 3.91. The Bertz CT molecular complexity index is 626. The Labute approximate surface area is 140 Å². The van der Waals surface area contributed by atoms with E-state index in [9.17, 15) is 0 Å².